The van der Waals surface area contributed by atoms with Crippen LogP contribution in [0.3, 0.4) is 0 Å². The first-order valence-electron chi connectivity index (χ1n) is 5.88. The third-order valence-corrected chi connectivity index (χ3v) is 2.73. The minimum Gasteiger partial charge on any atom is -0.484 e. The average molecular weight is 245 g/mol. The van der Waals surface area contributed by atoms with Crippen LogP contribution in [0.25, 0.3) is 0 Å². The average Bonchev–Trinajstić information content (AvgIpc) is 2.38. The number of halogens is 1. The molecule has 3 heteroatoms. The van der Waals surface area contributed by atoms with E-state index in [9.17, 15) is 4.39 Å². The zero-order valence-electron chi connectivity index (χ0n) is 10.3. The van der Waals surface area contributed by atoms with E-state index in [0.717, 1.165) is 16.9 Å². The van der Waals surface area contributed by atoms with Gasteiger partial charge in [0.2, 0.25) is 0 Å². The number of rotatable bonds is 4. The lowest BCUT2D eigenvalue weighted by Crippen LogP contribution is -2.18. The van der Waals surface area contributed by atoms with Gasteiger partial charge >= 0.3 is 0 Å². The van der Waals surface area contributed by atoms with Crippen molar-refractivity contribution in [3.63, 3.8) is 0 Å². The summed E-state index contributed by atoms with van der Waals surface area (Å²) >= 11 is 0. The molecule has 0 heterocycles. The van der Waals surface area contributed by atoms with Gasteiger partial charge < -0.3 is 10.5 Å². The van der Waals surface area contributed by atoms with Crippen molar-refractivity contribution >= 4 is 0 Å². The topological polar surface area (TPSA) is 35.2 Å². The van der Waals surface area contributed by atoms with Gasteiger partial charge in [0.25, 0.3) is 0 Å². The van der Waals surface area contributed by atoms with Crippen molar-refractivity contribution < 1.29 is 9.13 Å². The largest absolute Gasteiger partial charge is 0.484 e. The second-order valence-electron chi connectivity index (χ2n) is 4.21. The Balaban J connectivity index is 2.17. The molecule has 0 bridgehead atoms. The smallest absolute Gasteiger partial charge is 0.136 e. The minimum absolute atomic E-state index is 0.279. The Morgan fingerprint density at radius 1 is 1.17 bits per heavy atom. The summed E-state index contributed by atoms with van der Waals surface area (Å²) in [4.78, 5) is 0. The van der Waals surface area contributed by atoms with E-state index in [4.69, 9.17) is 10.5 Å². The molecule has 0 aliphatic carbocycles. The van der Waals surface area contributed by atoms with Crippen LogP contribution in [0.2, 0.25) is 0 Å². The highest BCUT2D eigenvalue weighted by atomic mass is 19.1. The Bertz CT molecular complexity index is 510. The lowest BCUT2D eigenvalue weighted by Gasteiger charge is -2.18. The summed E-state index contributed by atoms with van der Waals surface area (Å²) in [6, 6.07) is 14.0. The molecule has 0 spiro atoms. The summed E-state index contributed by atoms with van der Waals surface area (Å²) in [7, 11) is 0. The Kier molecular flexibility index (Phi) is 3.95. The van der Waals surface area contributed by atoms with Crippen LogP contribution >= 0.6 is 0 Å². The number of benzene rings is 2. The third kappa shape index (κ3) is 3.08. The van der Waals surface area contributed by atoms with E-state index in [1.807, 2.05) is 37.3 Å². The molecule has 2 aromatic carbocycles. The maximum Gasteiger partial charge on any atom is 0.136 e. The first-order chi connectivity index (χ1) is 8.69. The Morgan fingerprint density at radius 2 is 1.89 bits per heavy atom. The van der Waals surface area contributed by atoms with Gasteiger partial charge in [-0.3, -0.25) is 0 Å². The molecule has 1 unspecified atom stereocenters. The molecule has 0 aromatic heterocycles. The van der Waals surface area contributed by atoms with Crippen LogP contribution in [0, 0.1) is 12.7 Å². The molecule has 2 nitrogen and oxygen atoms in total. The highest BCUT2D eigenvalue weighted by Gasteiger charge is 2.12. The van der Waals surface area contributed by atoms with E-state index in [2.05, 4.69) is 0 Å². The zero-order chi connectivity index (χ0) is 13.0. The molecule has 2 aromatic rings. The zero-order valence-corrected chi connectivity index (χ0v) is 10.3. The maximum absolute atomic E-state index is 13.2. The Morgan fingerprint density at radius 3 is 2.50 bits per heavy atom. The fourth-order valence-electron chi connectivity index (χ4n) is 1.74. The minimum atomic E-state index is -0.330. The van der Waals surface area contributed by atoms with E-state index in [1.165, 1.54) is 12.1 Å². The molecule has 0 aliphatic rings. The summed E-state index contributed by atoms with van der Waals surface area (Å²) in [5.74, 6) is 0.457. The number of aryl methyl sites for hydroxylation is 1. The lowest BCUT2D eigenvalue weighted by atomic mass is 10.1. The molecule has 2 N–H and O–H groups in total. The van der Waals surface area contributed by atoms with Gasteiger partial charge in [0.1, 0.15) is 17.7 Å². The van der Waals surface area contributed by atoms with Gasteiger partial charge in [0.05, 0.1) is 0 Å². The number of hydrogen-bond donors (Lipinski definition) is 1. The summed E-state index contributed by atoms with van der Waals surface area (Å²) in [6.45, 7) is 2.31. The van der Waals surface area contributed by atoms with Gasteiger partial charge in [-0.25, -0.2) is 4.39 Å². The molecule has 0 fully saturated rings. The fraction of sp³-hybridized carbons (Fsp3) is 0.200. The fourth-order valence-corrected chi connectivity index (χ4v) is 1.74. The number of hydrogen-bond acceptors (Lipinski definition) is 2. The van der Waals surface area contributed by atoms with Crippen LogP contribution < -0.4 is 10.5 Å². The number of nitrogens with two attached hydrogens (primary N) is 1. The maximum atomic E-state index is 13.2. The SMILES string of the molecule is Cc1ccc(OC(CN)c2cccc(F)c2)cc1. The first-order valence-corrected chi connectivity index (χ1v) is 5.88. The van der Waals surface area contributed by atoms with Crippen LogP contribution in [0.15, 0.2) is 48.5 Å². The van der Waals surface area contributed by atoms with Crippen molar-refractivity contribution in [3.05, 3.63) is 65.5 Å². The van der Waals surface area contributed by atoms with Gasteiger partial charge in [-0.15, -0.1) is 0 Å². The molecule has 18 heavy (non-hydrogen) atoms. The van der Waals surface area contributed by atoms with E-state index < -0.39 is 0 Å². The molecule has 0 amide bonds. The van der Waals surface area contributed by atoms with E-state index in [0.29, 0.717) is 6.54 Å². The molecule has 0 aliphatic heterocycles. The Hall–Kier alpha value is -1.87. The highest BCUT2D eigenvalue weighted by molar-refractivity contribution is 5.28. The molecule has 94 valence electrons. The highest BCUT2D eigenvalue weighted by Crippen LogP contribution is 2.22. The van der Waals surface area contributed by atoms with Crippen molar-refractivity contribution in [1.82, 2.24) is 0 Å². The molecule has 0 radical (unpaired) electrons. The predicted molar refractivity (Wildman–Crippen MR) is 70.0 cm³/mol. The van der Waals surface area contributed by atoms with Crippen molar-refractivity contribution in [3.8, 4) is 5.75 Å². The summed E-state index contributed by atoms with van der Waals surface area (Å²) in [5, 5.41) is 0. The standard InChI is InChI=1S/C15H16FNO/c1-11-5-7-14(8-6-11)18-15(10-17)12-3-2-4-13(16)9-12/h2-9,15H,10,17H2,1H3. The first kappa shape index (κ1) is 12.6. The van der Waals surface area contributed by atoms with Crippen LogP contribution in [-0.2, 0) is 0 Å². The molecular weight excluding hydrogens is 229 g/mol. The van der Waals surface area contributed by atoms with E-state index >= 15 is 0 Å². The second kappa shape index (κ2) is 5.65. The van der Waals surface area contributed by atoms with Crippen molar-refractivity contribution in [2.45, 2.75) is 13.0 Å². The van der Waals surface area contributed by atoms with Gasteiger partial charge in [-0.05, 0) is 36.8 Å². The van der Waals surface area contributed by atoms with Crippen molar-refractivity contribution in [2.75, 3.05) is 6.54 Å². The lowest BCUT2D eigenvalue weighted by molar-refractivity contribution is 0.213. The quantitative estimate of drug-likeness (QED) is 0.897. The third-order valence-electron chi connectivity index (χ3n) is 2.73. The summed E-state index contributed by atoms with van der Waals surface area (Å²) < 4.78 is 18.9. The second-order valence-corrected chi connectivity index (χ2v) is 4.21. The Labute approximate surface area is 106 Å². The van der Waals surface area contributed by atoms with Gasteiger partial charge in [-0.1, -0.05) is 29.8 Å². The van der Waals surface area contributed by atoms with Crippen LogP contribution in [0.4, 0.5) is 4.39 Å². The van der Waals surface area contributed by atoms with Crippen molar-refractivity contribution in [2.24, 2.45) is 5.73 Å². The normalized spacial score (nSPS) is 12.2. The van der Waals surface area contributed by atoms with E-state index in [-0.39, 0.29) is 11.9 Å². The van der Waals surface area contributed by atoms with Crippen LogP contribution in [-0.4, -0.2) is 6.54 Å². The summed E-state index contributed by atoms with van der Waals surface area (Å²) in [5.41, 5.74) is 7.60. The summed E-state index contributed by atoms with van der Waals surface area (Å²) in [6.07, 6.45) is -0.330. The monoisotopic (exact) mass is 245 g/mol. The van der Waals surface area contributed by atoms with Crippen LogP contribution in [0.5, 0.6) is 5.75 Å². The van der Waals surface area contributed by atoms with Gasteiger partial charge in [0, 0.05) is 6.54 Å². The molecule has 1 atom stereocenters. The number of ether oxygens (including phenoxy) is 1. The predicted octanol–water partition coefficient (Wildman–Crippen LogP) is 3.21. The van der Waals surface area contributed by atoms with E-state index in [1.54, 1.807) is 6.07 Å². The molecular formula is C15H16FNO. The van der Waals surface area contributed by atoms with Crippen LogP contribution in [0.1, 0.15) is 17.2 Å². The molecule has 0 saturated carbocycles. The molecule has 2 rings (SSSR count). The molecule has 0 saturated heterocycles. The van der Waals surface area contributed by atoms with Crippen molar-refractivity contribution in [1.29, 1.82) is 0 Å². The van der Waals surface area contributed by atoms with Gasteiger partial charge in [0.15, 0.2) is 0 Å². The van der Waals surface area contributed by atoms with Gasteiger partial charge in [-0.2, -0.15) is 0 Å².